The number of nitrogens with zero attached hydrogens (tertiary/aromatic N) is 3. The molecule has 0 saturated carbocycles. The van der Waals surface area contributed by atoms with E-state index in [0.717, 1.165) is 23.4 Å². The quantitative estimate of drug-likeness (QED) is 0.852. The van der Waals surface area contributed by atoms with Gasteiger partial charge in [-0.25, -0.2) is 0 Å². The normalized spacial score (nSPS) is 12.2. The average Bonchev–Trinajstić information content (AvgIpc) is 2.61. The molecule has 1 atom stereocenters. The molecular formula is C14H23N3O3. The zero-order valence-corrected chi connectivity index (χ0v) is 12.8. The van der Waals surface area contributed by atoms with Gasteiger partial charge >= 0.3 is 5.97 Å². The number of hydrogen-bond acceptors (Lipinski definition) is 3. The molecule has 0 aliphatic carbocycles. The third kappa shape index (κ3) is 3.59. The van der Waals surface area contributed by atoms with Gasteiger partial charge in [-0.05, 0) is 27.2 Å². The van der Waals surface area contributed by atoms with Crippen LogP contribution in [0.1, 0.15) is 37.2 Å². The first-order chi connectivity index (χ1) is 9.27. The van der Waals surface area contributed by atoms with Crippen LogP contribution in [-0.4, -0.2) is 44.3 Å². The molecule has 0 aromatic carbocycles. The Labute approximate surface area is 119 Å². The second kappa shape index (κ2) is 6.54. The van der Waals surface area contributed by atoms with Crippen molar-refractivity contribution in [1.82, 2.24) is 14.7 Å². The second-order valence-electron chi connectivity index (χ2n) is 5.12. The van der Waals surface area contributed by atoms with Gasteiger partial charge in [-0.2, -0.15) is 5.10 Å². The van der Waals surface area contributed by atoms with Crippen molar-refractivity contribution in [3.63, 3.8) is 0 Å². The fraction of sp³-hybridized carbons (Fsp3) is 0.643. The van der Waals surface area contributed by atoms with Crippen LogP contribution in [-0.2, 0) is 23.1 Å². The molecule has 0 spiro atoms. The zero-order valence-electron chi connectivity index (χ0n) is 12.8. The van der Waals surface area contributed by atoms with Crippen LogP contribution < -0.4 is 0 Å². The van der Waals surface area contributed by atoms with Gasteiger partial charge in [0.2, 0.25) is 5.91 Å². The van der Waals surface area contributed by atoms with Crippen LogP contribution in [0.5, 0.6) is 0 Å². The maximum Gasteiger partial charge on any atom is 0.323 e. The van der Waals surface area contributed by atoms with Crippen LogP contribution in [0.25, 0.3) is 0 Å². The highest BCUT2D eigenvalue weighted by Gasteiger charge is 2.23. The molecule has 0 aliphatic rings. The zero-order chi connectivity index (χ0) is 15.4. The van der Waals surface area contributed by atoms with Crippen molar-refractivity contribution < 1.29 is 14.7 Å². The Morgan fingerprint density at radius 1 is 1.40 bits per heavy atom. The monoisotopic (exact) mass is 281 g/mol. The van der Waals surface area contributed by atoms with Crippen LogP contribution in [0, 0.1) is 13.8 Å². The van der Waals surface area contributed by atoms with Gasteiger partial charge in [0, 0.05) is 24.3 Å². The Morgan fingerprint density at radius 3 is 2.40 bits per heavy atom. The maximum atomic E-state index is 12.4. The molecule has 1 aromatic rings. The molecule has 1 unspecified atom stereocenters. The minimum absolute atomic E-state index is 0.0871. The maximum absolute atomic E-state index is 12.4. The fourth-order valence-corrected chi connectivity index (χ4v) is 2.18. The topological polar surface area (TPSA) is 75.4 Å². The lowest BCUT2D eigenvalue weighted by molar-refractivity contribution is -0.145. The fourth-order valence-electron chi connectivity index (χ4n) is 2.18. The molecule has 0 aliphatic heterocycles. The largest absolute Gasteiger partial charge is 0.480 e. The van der Waals surface area contributed by atoms with E-state index in [9.17, 15) is 9.59 Å². The summed E-state index contributed by atoms with van der Waals surface area (Å²) in [4.78, 5) is 24.7. The molecule has 6 heteroatoms. The molecule has 0 bridgehead atoms. The summed E-state index contributed by atoms with van der Waals surface area (Å²) in [6, 6.07) is -0.0871. The van der Waals surface area contributed by atoms with Crippen molar-refractivity contribution in [2.24, 2.45) is 7.05 Å². The predicted octanol–water partition coefficient (Wildman–Crippen LogP) is 1.29. The Kier molecular flexibility index (Phi) is 5.30. The van der Waals surface area contributed by atoms with Crippen molar-refractivity contribution in [2.75, 3.05) is 6.54 Å². The van der Waals surface area contributed by atoms with Crippen molar-refractivity contribution in [3.8, 4) is 0 Å². The van der Waals surface area contributed by atoms with E-state index in [0.29, 0.717) is 0 Å². The second-order valence-corrected chi connectivity index (χ2v) is 5.12. The summed E-state index contributed by atoms with van der Waals surface area (Å²) in [5, 5.41) is 13.2. The van der Waals surface area contributed by atoms with E-state index >= 15 is 0 Å². The third-order valence-electron chi connectivity index (χ3n) is 3.74. The standard InChI is InChI=1S/C14H23N3O3/c1-6-9(2)17(8-14(19)20)13(18)7-12-10(3)15-16(5)11(12)4/h9H,6-8H2,1-5H3,(H,19,20). The van der Waals surface area contributed by atoms with E-state index in [-0.39, 0.29) is 24.9 Å². The lowest BCUT2D eigenvalue weighted by atomic mass is 10.1. The number of amides is 1. The number of rotatable bonds is 6. The van der Waals surface area contributed by atoms with Crippen LogP contribution in [0.2, 0.25) is 0 Å². The molecule has 1 amide bonds. The molecule has 0 saturated heterocycles. The van der Waals surface area contributed by atoms with Gasteiger partial charge in [0.05, 0.1) is 12.1 Å². The molecule has 20 heavy (non-hydrogen) atoms. The summed E-state index contributed by atoms with van der Waals surface area (Å²) in [6.45, 7) is 7.32. The van der Waals surface area contributed by atoms with Crippen molar-refractivity contribution >= 4 is 11.9 Å². The van der Waals surface area contributed by atoms with Crippen molar-refractivity contribution in [3.05, 3.63) is 17.0 Å². The van der Waals surface area contributed by atoms with Gasteiger partial charge in [0.25, 0.3) is 0 Å². The number of aliphatic carboxylic acids is 1. The summed E-state index contributed by atoms with van der Waals surface area (Å²) in [6.07, 6.45) is 0.924. The smallest absolute Gasteiger partial charge is 0.323 e. The number of aryl methyl sites for hydroxylation is 2. The van der Waals surface area contributed by atoms with E-state index < -0.39 is 5.97 Å². The lowest BCUT2D eigenvalue weighted by Crippen LogP contribution is -2.42. The molecular weight excluding hydrogens is 258 g/mol. The van der Waals surface area contributed by atoms with Gasteiger partial charge in [0.15, 0.2) is 0 Å². The van der Waals surface area contributed by atoms with Crippen LogP contribution in [0.15, 0.2) is 0 Å². The van der Waals surface area contributed by atoms with Gasteiger partial charge in [-0.15, -0.1) is 0 Å². The van der Waals surface area contributed by atoms with Gasteiger partial charge in [-0.1, -0.05) is 6.92 Å². The average molecular weight is 281 g/mol. The van der Waals surface area contributed by atoms with Gasteiger partial charge in [-0.3, -0.25) is 14.3 Å². The number of carbonyl (C=O) groups excluding carboxylic acids is 1. The first-order valence-electron chi connectivity index (χ1n) is 6.78. The summed E-state index contributed by atoms with van der Waals surface area (Å²) >= 11 is 0. The summed E-state index contributed by atoms with van der Waals surface area (Å²) in [5.74, 6) is -1.15. The summed E-state index contributed by atoms with van der Waals surface area (Å²) < 4.78 is 1.74. The number of hydrogen-bond donors (Lipinski definition) is 1. The molecule has 1 aromatic heterocycles. The Morgan fingerprint density at radius 2 is 2.00 bits per heavy atom. The molecule has 6 nitrogen and oxygen atoms in total. The SMILES string of the molecule is CCC(C)N(CC(=O)O)C(=O)Cc1c(C)nn(C)c1C. The molecule has 1 N–H and O–H groups in total. The van der Waals surface area contributed by atoms with Crippen LogP contribution >= 0.6 is 0 Å². The first kappa shape index (κ1) is 16.2. The number of aromatic nitrogens is 2. The number of carboxylic acids is 1. The Balaban J connectivity index is 2.93. The Bertz CT molecular complexity index is 508. The molecule has 0 fully saturated rings. The predicted molar refractivity (Wildman–Crippen MR) is 75.5 cm³/mol. The summed E-state index contributed by atoms with van der Waals surface area (Å²) in [7, 11) is 1.83. The Hall–Kier alpha value is -1.85. The molecule has 112 valence electrons. The van der Waals surface area contributed by atoms with Crippen molar-refractivity contribution in [2.45, 2.75) is 46.6 Å². The lowest BCUT2D eigenvalue weighted by Gasteiger charge is -2.27. The van der Waals surface area contributed by atoms with Gasteiger partial charge in [0.1, 0.15) is 6.54 Å². The van der Waals surface area contributed by atoms with Crippen molar-refractivity contribution in [1.29, 1.82) is 0 Å². The number of carbonyl (C=O) groups is 2. The van der Waals surface area contributed by atoms with E-state index in [4.69, 9.17) is 5.11 Å². The van der Waals surface area contributed by atoms with E-state index in [2.05, 4.69) is 5.10 Å². The van der Waals surface area contributed by atoms with E-state index in [1.165, 1.54) is 4.90 Å². The minimum atomic E-state index is -0.988. The highest BCUT2D eigenvalue weighted by Crippen LogP contribution is 2.15. The minimum Gasteiger partial charge on any atom is -0.480 e. The molecule has 0 radical (unpaired) electrons. The van der Waals surface area contributed by atoms with Crippen LogP contribution in [0.4, 0.5) is 0 Å². The summed E-state index contributed by atoms with van der Waals surface area (Å²) in [5.41, 5.74) is 2.64. The van der Waals surface area contributed by atoms with Crippen LogP contribution in [0.3, 0.4) is 0 Å². The van der Waals surface area contributed by atoms with Gasteiger partial charge < -0.3 is 10.0 Å². The highest BCUT2D eigenvalue weighted by molar-refractivity contribution is 5.83. The van der Waals surface area contributed by atoms with E-state index in [1.807, 2.05) is 34.7 Å². The highest BCUT2D eigenvalue weighted by atomic mass is 16.4. The molecule has 1 heterocycles. The third-order valence-corrected chi connectivity index (χ3v) is 3.74. The van der Waals surface area contributed by atoms with E-state index in [1.54, 1.807) is 4.68 Å². The number of carboxylic acid groups (broad SMARTS) is 1. The molecule has 1 rings (SSSR count). The first-order valence-corrected chi connectivity index (χ1v) is 6.78.